The standard InChI is InChI=1S/C30H27N2/c1-32(2,3)25-16-13-22(14-17-25)19-29-27-12-8-7-11-26(27)28-18-15-24(20-30(28)29)31-21-23-9-5-4-6-10-23/h4-21H,1-3H3/q+1/b29-19+,31-21?. The topological polar surface area (TPSA) is 12.4 Å². The predicted octanol–water partition coefficient (Wildman–Crippen LogP) is 7.20. The molecule has 1 aliphatic rings. The molecule has 0 N–H and O–H groups in total. The van der Waals surface area contributed by atoms with E-state index in [4.69, 9.17) is 4.99 Å². The first kappa shape index (κ1) is 20.2. The maximum atomic E-state index is 4.74. The first-order chi connectivity index (χ1) is 15.5. The van der Waals surface area contributed by atoms with Gasteiger partial charge in [-0.2, -0.15) is 0 Å². The summed E-state index contributed by atoms with van der Waals surface area (Å²) in [7, 11) is 6.57. The molecule has 0 radical (unpaired) electrons. The second-order valence-electron chi connectivity index (χ2n) is 9.11. The molecule has 0 saturated carbocycles. The van der Waals surface area contributed by atoms with Gasteiger partial charge in [0, 0.05) is 6.21 Å². The third-order valence-electron chi connectivity index (χ3n) is 5.94. The zero-order valence-electron chi connectivity index (χ0n) is 18.8. The van der Waals surface area contributed by atoms with Gasteiger partial charge in [-0.1, -0.05) is 60.7 Å². The van der Waals surface area contributed by atoms with Gasteiger partial charge in [0.05, 0.1) is 26.8 Å². The Hall–Kier alpha value is -3.75. The molecular weight excluding hydrogens is 388 g/mol. The molecule has 0 aliphatic heterocycles. The van der Waals surface area contributed by atoms with Crippen LogP contribution in [-0.4, -0.2) is 27.4 Å². The fourth-order valence-electron chi connectivity index (χ4n) is 4.20. The molecule has 0 unspecified atom stereocenters. The van der Waals surface area contributed by atoms with E-state index >= 15 is 0 Å². The molecule has 1 aliphatic carbocycles. The number of quaternary nitrogens is 1. The molecule has 2 nitrogen and oxygen atoms in total. The van der Waals surface area contributed by atoms with Crippen LogP contribution in [0.25, 0.3) is 22.8 Å². The van der Waals surface area contributed by atoms with Crippen LogP contribution in [0, 0.1) is 0 Å². The Morgan fingerprint density at radius 1 is 0.594 bits per heavy atom. The fourth-order valence-corrected chi connectivity index (χ4v) is 4.20. The Kier molecular flexibility index (Phi) is 5.08. The molecule has 5 rings (SSSR count). The zero-order valence-corrected chi connectivity index (χ0v) is 18.8. The summed E-state index contributed by atoms with van der Waals surface area (Å²) in [6, 6.07) is 34.3. The summed E-state index contributed by atoms with van der Waals surface area (Å²) < 4.78 is 0.811. The van der Waals surface area contributed by atoms with Gasteiger partial charge in [0.25, 0.3) is 0 Å². The summed E-state index contributed by atoms with van der Waals surface area (Å²) in [5, 5.41) is 0. The highest BCUT2D eigenvalue weighted by Crippen LogP contribution is 2.46. The maximum Gasteiger partial charge on any atom is 0.132 e. The largest absolute Gasteiger partial charge is 0.298 e. The molecule has 0 amide bonds. The van der Waals surface area contributed by atoms with Gasteiger partial charge in [-0.05, 0) is 81.4 Å². The van der Waals surface area contributed by atoms with Crippen molar-refractivity contribution in [1.82, 2.24) is 4.48 Å². The van der Waals surface area contributed by atoms with E-state index in [9.17, 15) is 0 Å². The molecule has 4 aromatic rings. The summed E-state index contributed by atoms with van der Waals surface area (Å²) >= 11 is 0. The van der Waals surface area contributed by atoms with Crippen LogP contribution in [0.1, 0.15) is 22.3 Å². The van der Waals surface area contributed by atoms with E-state index in [1.807, 2.05) is 24.4 Å². The van der Waals surface area contributed by atoms with Crippen LogP contribution in [0.5, 0.6) is 0 Å². The molecule has 0 fully saturated rings. The first-order valence-electron chi connectivity index (χ1n) is 11.0. The van der Waals surface area contributed by atoms with Gasteiger partial charge in [-0.15, -0.1) is 0 Å². The van der Waals surface area contributed by atoms with E-state index in [1.54, 1.807) is 0 Å². The fraction of sp³-hybridized carbons (Fsp3) is 0.100. The highest BCUT2D eigenvalue weighted by Gasteiger charge is 2.23. The summed E-state index contributed by atoms with van der Waals surface area (Å²) in [5.41, 5.74) is 10.9. The summed E-state index contributed by atoms with van der Waals surface area (Å²) in [4.78, 5) is 4.74. The van der Waals surface area contributed by atoms with Crippen molar-refractivity contribution in [3.05, 3.63) is 119 Å². The van der Waals surface area contributed by atoms with E-state index in [0.29, 0.717) is 0 Å². The van der Waals surface area contributed by atoms with Gasteiger partial charge in [-0.3, -0.25) is 9.48 Å². The molecule has 0 heterocycles. The average molecular weight is 416 g/mol. The molecule has 0 aromatic heterocycles. The average Bonchev–Trinajstić information content (AvgIpc) is 3.11. The van der Waals surface area contributed by atoms with Gasteiger partial charge in [0.15, 0.2) is 0 Å². The van der Waals surface area contributed by atoms with Crippen molar-refractivity contribution < 1.29 is 0 Å². The van der Waals surface area contributed by atoms with Crippen LogP contribution in [0.15, 0.2) is 102 Å². The summed E-state index contributed by atoms with van der Waals surface area (Å²) in [5.74, 6) is 0. The molecule has 156 valence electrons. The van der Waals surface area contributed by atoms with Crippen molar-refractivity contribution in [3.63, 3.8) is 0 Å². The number of hydrogen-bond acceptors (Lipinski definition) is 1. The van der Waals surface area contributed by atoms with Crippen molar-refractivity contribution in [2.45, 2.75) is 0 Å². The second kappa shape index (κ2) is 8.07. The maximum absolute atomic E-state index is 4.74. The summed E-state index contributed by atoms with van der Waals surface area (Å²) in [6.07, 6.45) is 4.23. The second-order valence-corrected chi connectivity index (χ2v) is 9.11. The first-order valence-corrected chi connectivity index (χ1v) is 11.0. The summed E-state index contributed by atoms with van der Waals surface area (Å²) in [6.45, 7) is 0. The van der Waals surface area contributed by atoms with Crippen molar-refractivity contribution in [2.75, 3.05) is 21.1 Å². The van der Waals surface area contributed by atoms with E-state index < -0.39 is 0 Å². The third kappa shape index (κ3) is 3.93. The smallest absolute Gasteiger partial charge is 0.132 e. The van der Waals surface area contributed by atoms with Gasteiger partial charge in [-0.25, -0.2) is 0 Å². The van der Waals surface area contributed by atoms with E-state index in [2.05, 4.69) is 106 Å². The monoisotopic (exact) mass is 415 g/mol. The number of rotatable bonds is 4. The molecule has 0 atom stereocenters. The van der Waals surface area contributed by atoms with Crippen LogP contribution in [0.2, 0.25) is 0 Å². The minimum atomic E-state index is 0.811. The minimum absolute atomic E-state index is 0.811. The lowest BCUT2D eigenvalue weighted by Gasteiger charge is -2.23. The SMILES string of the molecule is C[N+](C)(C)c1ccc(/C=C2\c3ccccc3-c3ccc(N=Cc4ccccc4)cc32)cc1. The molecule has 2 heteroatoms. The Balaban J connectivity index is 1.56. The molecule has 0 bridgehead atoms. The van der Waals surface area contributed by atoms with Gasteiger partial charge in [0.1, 0.15) is 5.69 Å². The van der Waals surface area contributed by atoms with Crippen LogP contribution in [0.4, 0.5) is 11.4 Å². The number of fused-ring (bicyclic) bond motifs is 3. The Morgan fingerprint density at radius 2 is 1.25 bits per heavy atom. The quantitative estimate of drug-likeness (QED) is 0.217. The van der Waals surface area contributed by atoms with E-state index in [1.165, 1.54) is 39.1 Å². The van der Waals surface area contributed by atoms with E-state index in [-0.39, 0.29) is 0 Å². The predicted molar refractivity (Wildman–Crippen MR) is 139 cm³/mol. The Bertz CT molecular complexity index is 1320. The van der Waals surface area contributed by atoms with Crippen LogP contribution in [-0.2, 0) is 0 Å². The lowest BCUT2D eigenvalue weighted by Crippen LogP contribution is -2.34. The van der Waals surface area contributed by atoms with Crippen molar-refractivity contribution in [2.24, 2.45) is 4.99 Å². The van der Waals surface area contributed by atoms with Crippen molar-refractivity contribution in [3.8, 4) is 11.1 Å². The molecule has 0 spiro atoms. The molecule has 4 aromatic carbocycles. The Labute approximate surface area is 190 Å². The van der Waals surface area contributed by atoms with Crippen LogP contribution in [0.3, 0.4) is 0 Å². The molecule has 0 saturated heterocycles. The molecule has 32 heavy (non-hydrogen) atoms. The van der Waals surface area contributed by atoms with E-state index in [0.717, 1.165) is 15.7 Å². The lowest BCUT2D eigenvalue weighted by molar-refractivity contribution is 0.486. The minimum Gasteiger partial charge on any atom is -0.298 e. The van der Waals surface area contributed by atoms with Gasteiger partial charge < -0.3 is 0 Å². The number of nitrogens with zero attached hydrogens (tertiary/aromatic N) is 2. The normalized spacial score (nSPS) is 14.0. The Morgan fingerprint density at radius 3 is 1.97 bits per heavy atom. The number of hydrogen-bond donors (Lipinski definition) is 0. The van der Waals surface area contributed by atoms with Crippen molar-refractivity contribution in [1.29, 1.82) is 0 Å². The van der Waals surface area contributed by atoms with Crippen LogP contribution < -0.4 is 4.48 Å². The van der Waals surface area contributed by atoms with Gasteiger partial charge in [0.2, 0.25) is 0 Å². The third-order valence-corrected chi connectivity index (χ3v) is 5.94. The molecular formula is C30H27N2+. The lowest BCUT2D eigenvalue weighted by atomic mass is 10.0. The van der Waals surface area contributed by atoms with Crippen LogP contribution >= 0.6 is 0 Å². The highest BCUT2D eigenvalue weighted by atomic mass is 15.3. The van der Waals surface area contributed by atoms with Gasteiger partial charge >= 0.3 is 0 Å². The van der Waals surface area contributed by atoms with Crippen molar-refractivity contribution >= 4 is 29.2 Å². The highest BCUT2D eigenvalue weighted by molar-refractivity contribution is 6.07. The number of aliphatic imine (C=N–C) groups is 1. The number of benzene rings is 4. The zero-order chi connectivity index (χ0) is 22.1.